The molecular formula is C15H19F3N2O2. The molecular weight excluding hydrogens is 297 g/mol. The van der Waals surface area contributed by atoms with Crippen molar-refractivity contribution in [2.45, 2.75) is 12.2 Å². The number of alkyl halides is 3. The van der Waals surface area contributed by atoms with Crippen molar-refractivity contribution in [1.82, 2.24) is 9.80 Å². The minimum absolute atomic E-state index is 0.0986. The molecule has 1 atom stereocenters. The first-order valence-electron chi connectivity index (χ1n) is 6.99. The molecule has 7 heteroatoms. The Balaban J connectivity index is 2.15. The number of likely N-dealkylation sites (N-methyl/N-ethyl adjacent to an activating group) is 1. The van der Waals surface area contributed by atoms with Crippen molar-refractivity contribution in [3.05, 3.63) is 35.4 Å². The van der Waals surface area contributed by atoms with Crippen LogP contribution in [0.15, 0.2) is 24.3 Å². The fraction of sp³-hybridized carbons (Fsp3) is 0.533. The summed E-state index contributed by atoms with van der Waals surface area (Å²) in [7, 11) is 3.80. The number of carbonyl (C=O) groups excluding carboxylic acids is 1. The van der Waals surface area contributed by atoms with E-state index in [1.165, 1.54) is 12.1 Å². The summed E-state index contributed by atoms with van der Waals surface area (Å²) in [6, 6.07) is 4.24. The van der Waals surface area contributed by atoms with Crippen LogP contribution in [0.4, 0.5) is 13.2 Å². The Kier molecular flexibility index (Phi) is 5.08. The van der Waals surface area contributed by atoms with E-state index in [9.17, 15) is 18.0 Å². The zero-order valence-electron chi connectivity index (χ0n) is 12.6. The van der Waals surface area contributed by atoms with E-state index in [0.717, 1.165) is 12.1 Å². The van der Waals surface area contributed by atoms with Crippen LogP contribution in [-0.2, 0) is 10.9 Å². The van der Waals surface area contributed by atoms with Gasteiger partial charge in [0.2, 0.25) is 0 Å². The van der Waals surface area contributed by atoms with Crippen molar-refractivity contribution < 1.29 is 22.7 Å². The number of amides is 1. The monoisotopic (exact) mass is 316 g/mol. The van der Waals surface area contributed by atoms with Gasteiger partial charge in [-0.1, -0.05) is 0 Å². The van der Waals surface area contributed by atoms with E-state index < -0.39 is 11.7 Å². The number of carbonyl (C=O) groups is 1. The highest BCUT2D eigenvalue weighted by atomic mass is 19.4. The molecule has 22 heavy (non-hydrogen) atoms. The molecule has 0 bridgehead atoms. The van der Waals surface area contributed by atoms with Crippen LogP contribution in [0.3, 0.4) is 0 Å². The zero-order chi connectivity index (χ0) is 16.3. The maximum atomic E-state index is 12.6. The lowest BCUT2D eigenvalue weighted by molar-refractivity contribution is -0.137. The van der Waals surface area contributed by atoms with Gasteiger partial charge in [-0.25, -0.2) is 0 Å². The summed E-state index contributed by atoms with van der Waals surface area (Å²) in [5.41, 5.74) is -0.491. The molecule has 0 N–H and O–H groups in total. The summed E-state index contributed by atoms with van der Waals surface area (Å²) >= 11 is 0. The summed E-state index contributed by atoms with van der Waals surface area (Å²) in [6.07, 6.45) is -4.39. The van der Waals surface area contributed by atoms with Crippen molar-refractivity contribution in [2.75, 3.05) is 40.4 Å². The number of halogens is 3. The summed E-state index contributed by atoms with van der Waals surface area (Å²) in [5.74, 6) is -0.260. The quantitative estimate of drug-likeness (QED) is 0.856. The van der Waals surface area contributed by atoms with Crippen LogP contribution < -0.4 is 0 Å². The Bertz CT molecular complexity index is 515. The third-order valence-electron chi connectivity index (χ3n) is 3.52. The Labute approximate surface area is 127 Å². The predicted octanol–water partition coefficient (Wildman–Crippen LogP) is 2.11. The van der Waals surface area contributed by atoms with E-state index in [1.807, 2.05) is 19.0 Å². The SMILES string of the molecule is CN(C)CC1COCCN1C(=O)c1ccc(C(F)(F)F)cc1. The smallest absolute Gasteiger partial charge is 0.377 e. The van der Waals surface area contributed by atoms with E-state index in [4.69, 9.17) is 4.74 Å². The molecule has 0 aromatic heterocycles. The standard InChI is InChI=1S/C15H19F3N2O2/c1-19(2)9-13-10-22-8-7-20(13)14(21)11-3-5-12(6-4-11)15(16,17)18/h3-6,13H,7-10H2,1-2H3. The normalized spacial score (nSPS) is 19.5. The second-order valence-corrected chi connectivity index (χ2v) is 5.56. The molecule has 0 spiro atoms. The van der Waals surface area contributed by atoms with E-state index in [2.05, 4.69) is 0 Å². The van der Waals surface area contributed by atoms with Crippen molar-refractivity contribution in [3.8, 4) is 0 Å². The van der Waals surface area contributed by atoms with Crippen LogP contribution in [0, 0.1) is 0 Å². The van der Waals surface area contributed by atoms with Gasteiger partial charge in [0.1, 0.15) is 0 Å². The zero-order valence-corrected chi connectivity index (χ0v) is 12.6. The number of nitrogens with zero attached hydrogens (tertiary/aromatic N) is 2. The van der Waals surface area contributed by atoms with E-state index >= 15 is 0 Å². The Hall–Kier alpha value is -1.60. The minimum atomic E-state index is -4.39. The van der Waals surface area contributed by atoms with Crippen LogP contribution in [-0.4, -0.2) is 62.1 Å². The Morgan fingerprint density at radius 2 is 1.95 bits per heavy atom. The summed E-state index contributed by atoms with van der Waals surface area (Å²) < 4.78 is 43.1. The fourth-order valence-electron chi connectivity index (χ4n) is 2.46. The molecule has 122 valence electrons. The number of rotatable bonds is 3. The van der Waals surface area contributed by atoms with Gasteiger partial charge in [-0.05, 0) is 38.4 Å². The highest BCUT2D eigenvalue weighted by Crippen LogP contribution is 2.29. The fourth-order valence-corrected chi connectivity index (χ4v) is 2.46. The van der Waals surface area contributed by atoms with Crippen molar-refractivity contribution in [3.63, 3.8) is 0 Å². The average molecular weight is 316 g/mol. The summed E-state index contributed by atoms with van der Waals surface area (Å²) in [5, 5.41) is 0. The lowest BCUT2D eigenvalue weighted by Crippen LogP contribution is -2.52. The van der Waals surface area contributed by atoms with Crippen molar-refractivity contribution in [1.29, 1.82) is 0 Å². The number of morpholine rings is 1. The van der Waals surface area contributed by atoms with E-state index in [1.54, 1.807) is 4.90 Å². The van der Waals surface area contributed by atoms with Crippen LogP contribution in [0.5, 0.6) is 0 Å². The largest absolute Gasteiger partial charge is 0.416 e. The van der Waals surface area contributed by atoms with Gasteiger partial charge < -0.3 is 14.5 Å². The highest BCUT2D eigenvalue weighted by molar-refractivity contribution is 5.94. The number of hydrogen-bond acceptors (Lipinski definition) is 3. The molecule has 4 nitrogen and oxygen atoms in total. The third-order valence-corrected chi connectivity index (χ3v) is 3.52. The average Bonchev–Trinajstić information content (AvgIpc) is 2.46. The van der Waals surface area contributed by atoms with Gasteiger partial charge in [-0.2, -0.15) is 13.2 Å². The molecule has 1 aromatic rings. The Morgan fingerprint density at radius 1 is 1.32 bits per heavy atom. The molecule has 0 radical (unpaired) electrons. The Morgan fingerprint density at radius 3 is 2.50 bits per heavy atom. The molecule has 1 aliphatic rings. The van der Waals surface area contributed by atoms with Crippen LogP contribution in [0.1, 0.15) is 15.9 Å². The first-order valence-corrected chi connectivity index (χ1v) is 6.99. The maximum Gasteiger partial charge on any atom is 0.416 e. The van der Waals surface area contributed by atoms with Gasteiger partial charge in [-0.15, -0.1) is 0 Å². The van der Waals surface area contributed by atoms with E-state index in [0.29, 0.717) is 26.3 Å². The lowest BCUT2D eigenvalue weighted by Gasteiger charge is -2.37. The molecule has 1 fully saturated rings. The second-order valence-electron chi connectivity index (χ2n) is 5.56. The molecule has 1 aliphatic heterocycles. The first kappa shape index (κ1) is 16.8. The van der Waals surface area contributed by atoms with Gasteiger partial charge in [0.15, 0.2) is 0 Å². The minimum Gasteiger partial charge on any atom is -0.377 e. The van der Waals surface area contributed by atoms with Crippen molar-refractivity contribution in [2.24, 2.45) is 0 Å². The molecule has 1 aromatic carbocycles. The van der Waals surface area contributed by atoms with Gasteiger partial charge in [0, 0.05) is 18.7 Å². The number of hydrogen-bond donors (Lipinski definition) is 0. The van der Waals surface area contributed by atoms with Crippen molar-refractivity contribution >= 4 is 5.91 Å². The summed E-state index contributed by atoms with van der Waals surface area (Å²) in [4.78, 5) is 16.1. The summed E-state index contributed by atoms with van der Waals surface area (Å²) in [6.45, 7) is 1.96. The molecule has 2 rings (SSSR count). The van der Waals surface area contributed by atoms with Crippen LogP contribution in [0.25, 0.3) is 0 Å². The molecule has 1 heterocycles. The van der Waals surface area contributed by atoms with E-state index in [-0.39, 0.29) is 17.5 Å². The molecule has 0 saturated carbocycles. The van der Waals surface area contributed by atoms with Gasteiger partial charge in [0.25, 0.3) is 5.91 Å². The second kappa shape index (κ2) is 6.66. The molecule has 1 saturated heterocycles. The number of benzene rings is 1. The van der Waals surface area contributed by atoms with Crippen LogP contribution >= 0.6 is 0 Å². The topological polar surface area (TPSA) is 32.8 Å². The maximum absolute atomic E-state index is 12.6. The van der Waals surface area contributed by atoms with Crippen LogP contribution in [0.2, 0.25) is 0 Å². The molecule has 1 amide bonds. The highest BCUT2D eigenvalue weighted by Gasteiger charge is 2.32. The third kappa shape index (κ3) is 3.98. The molecule has 1 unspecified atom stereocenters. The number of ether oxygens (including phenoxy) is 1. The predicted molar refractivity (Wildman–Crippen MR) is 75.6 cm³/mol. The van der Waals surface area contributed by atoms with Gasteiger partial charge in [0.05, 0.1) is 24.8 Å². The lowest BCUT2D eigenvalue weighted by atomic mass is 10.1. The molecule has 0 aliphatic carbocycles. The first-order chi connectivity index (χ1) is 10.3. The van der Waals surface area contributed by atoms with Gasteiger partial charge in [-0.3, -0.25) is 4.79 Å². The van der Waals surface area contributed by atoms with Gasteiger partial charge >= 0.3 is 6.18 Å².